The van der Waals surface area contributed by atoms with Crippen molar-refractivity contribution in [1.82, 2.24) is 0 Å². The summed E-state index contributed by atoms with van der Waals surface area (Å²) in [5.74, 6) is 12.6. The van der Waals surface area contributed by atoms with E-state index in [1.807, 2.05) is 78.9 Å². The van der Waals surface area contributed by atoms with Gasteiger partial charge in [0.25, 0.3) is 0 Å². The second-order valence-corrected chi connectivity index (χ2v) is 5.07. The third-order valence-corrected chi connectivity index (χ3v) is 3.27. The van der Waals surface area contributed by atoms with Crippen LogP contribution in [0.5, 0.6) is 0 Å². The van der Waals surface area contributed by atoms with Crippen LogP contribution in [0.4, 0.5) is 0 Å². The summed E-state index contributed by atoms with van der Waals surface area (Å²) in [6, 6.07) is 25.4. The van der Waals surface area contributed by atoms with Gasteiger partial charge in [-0.1, -0.05) is 59.5 Å². The first-order chi connectivity index (χ1) is 11.3. The Labute approximate surface area is 138 Å². The maximum Gasteiger partial charge on any atom is 0.113 e. The van der Waals surface area contributed by atoms with Gasteiger partial charge in [-0.15, -0.1) is 0 Å². The van der Waals surface area contributed by atoms with E-state index in [-0.39, 0.29) is 0 Å². The first-order valence-corrected chi connectivity index (χ1v) is 7.34. The molecule has 0 heterocycles. The van der Waals surface area contributed by atoms with Crippen LogP contribution in [0.15, 0.2) is 78.9 Å². The highest BCUT2D eigenvalue weighted by atomic mass is 13.9. The Morgan fingerprint density at radius 2 is 0.783 bits per heavy atom. The van der Waals surface area contributed by atoms with Gasteiger partial charge in [0.2, 0.25) is 0 Å². The molecule has 0 aliphatic carbocycles. The van der Waals surface area contributed by atoms with Crippen molar-refractivity contribution < 1.29 is 0 Å². The summed E-state index contributed by atoms with van der Waals surface area (Å²) in [5, 5.41) is 0. The predicted molar refractivity (Wildman–Crippen MR) is 96.7 cm³/mol. The van der Waals surface area contributed by atoms with E-state index in [0.29, 0.717) is 0 Å². The third kappa shape index (κ3) is 4.40. The van der Waals surface area contributed by atoms with Crippen LogP contribution in [-0.4, -0.2) is 7.85 Å². The van der Waals surface area contributed by atoms with Crippen molar-refractivity contribution in [3.05, 3.63) is 101 Å². The molecule has 3 rings (SSSR count). The van der Waals surface area contributed by atoms with Crippen LogP contribution < -0.4 is 5.46 Å². The number of hydrogen-bond donors (Lipinski definition) is 0. The molecular formula is C22H13B. The summed E-state index contributed by atoms with van der Waals surface area (Å²) < 4.78 is 0. The third-order valence-electron chi connectivity index (χ3n) is 3.27. The molecule has 0 fully saturated rings. The fourth-order valence-corrected chi connectivity index (χ4v) is 2.01. The zero-order valence-electron chi connectivity index (χ0n) is 12.6. The van der Waals surface area contributed by atoms with Crippen molar-refractivity contribution in [2.24, 2.45) is 0 Å². The molecule has 0 nitrogen and oxygen atoms in total. The topological polar surface area (TPSA) is 0 Å². The molecular weight excluding hydrogens is 275 g/mol. The van der Waals surface area contributed by atoms with E-state index in [0.717, 1.165) is 27.7 Å². The average molecular weight is 288 g/mol. The second-order valence-electron chi connectivity index (χ2n) is 5.07. The summed E-state index contributed by atoms with van der Waals surface area (Å²) >= 11 is 0. The number of benzene rings is 3. The lowest BCUT2D eigenvalue weighted by Crippen LogP contribution is -1.99. The van der Waals surface area contributed by atoms with Gasteiger partial charge in [-0.05, 0) is 48.5 Å². The predicted octanol–water partition coefficient (Wildman–Crippen LogP) is 3.28. The average Bonchev–Trinajstić information content (AvgIpc) is 2.61. The van der Waals surface area contributed by atoms with Crippen molar-refractivity contribution in [3.8, 4) is 23.7 Å². The minimum absolute atomic E-state index is 0.747. The summed E-state index contributed by atoms with van der Waals surface area (Å²) in [4.78, 5) is 0. The van der Waals surface area contributed by atoms with Crippen LogP contribution in [0, 0.1) is 23.7 Å². The maximum atomic E-state index is 5.66. The van der Waals surface area contributed by atoms with Gasteiger partial charge >= 0.3 is 0 Å². The number of rotatable bonds is 0. The standard InChI is InChI=1S/C22H13B/c23-22-16-14-21(15-17-22)13-12-20-10-8-19(9-11-20)7-6-18-4-2-1-3-5-18/h1-5,8-11,14-17H. The highest BCUT2D eigenvalue weighted by molar-refractivity contribution is 6.32. The quantitative estimate of drug-likeness (QED) is 0.440. The number of hydrogen-bond acceptors (Lipinski definition) is 0. The SMILES string of the molecule is [B]c1ccc(C#Cc2ccc(C#Cc3ccccc3)cc2)cc1. The van der Waals surface area contributed by atoms with Crippen molar-refractivity contribution in [1.29, 1.82) is 0 Å². The molecule has 0 bridgehead atoms. The minimum Gasteiger partial charge on any atom is -0.0966 e. The molecule has 0 amide bonds. The van der Waals surface area contributed by atoms with Gasteiger partial charge in [0.15, 0.2) is 0 Å². The fraction of sp³-hybridized carbons (Fsp3) is 0. The highest BCUT2D eigenvalue weighted by Gasteiger charge is 1.90. The Morgan fingerprint density at radius 3 is 1.22 bits per heavy atom. The zero-order chi connectivity index (χ0) is 15.9. The molecule has 1 heteroatoms. The molecule has 0 aromatic heterocycles. The molecule has 0 saturated heterocycles. The molecule has 0 aliphatic heterocycles. The summed E-state index contributed by atoms with van der Waals surface area (Å²) in [6.45, 7) is 0. The van der Waals surface area contributed by atoms with E-state index in [9.17, 15) is 0 Å². The largest absolute Gasteiger partial charge is 0.113 e. The van der Waals surface area contributed by atoms with Crippen LogP contribution in [0.1, 0.15) is 22.3 Å². The van der Waals surface area contributed by atoms with Gasteiger partial charge in [0.1, 0.15) is 7.85 Å². The molecule has 0 atom stereocenters. The lowest BCUT2D eigenvalue weighted by Gasteiger charge is -1.94. The highest BCUT2D eigenvalue weighted by Crippen LogP contribution is 2.04. The van der Waals surface area contributed by atoms with Gasteiger partial charge in [-0.25, -0.2) is 0 Å². The van der Waals surface area contributed by atoms with E-state index in [4.69, 9.17) is 7.85 Å². The van der Waals surface area contributed by atoms with Gasteiger partial charge in [-0.3, -0.25) is 0 Å². The summed E-state index contributed by atoms with van der Waals surface area (Å²) in [7, 11) is 5.66. The first-order valence-electron chi connectivity index (χ1n) is 7.34. The smallest absolute Gasteiger partial charge is 0.0966 e. The molecule has 3 aromatic carbocycles. The molecule has 3 aromatic rings. The normalized spacial score (nSPS) is 9.22. The van der Waals surface area contributed by atoms with Crippen molar-refractivity contribution in [2.45, 2.75) is 0 Å². The van der Waals surface area contributed by atoms with Gasteiger partial charge in [-0.2, -0.15) is 0 Å². The molecule has 23 heavy (non-hydrogen) atoms. The van der Waals surface area contributed by atoms with E-state index >= 15 is 0 Å². The Hall–Kier alpha value is -3.16. The Kier molecular flexibility index (Phi) is 4.63. The fourth-order valence-electron chi connectivity index (χ4n) is 2.01. The molecule has 0 N–H and O–H groups in total. The molecule has 0 spiro atoms. The van der Waals surface area contributed by atoms with Gasteiger partial charge < -0.3 is 0 Å². The molecule has 0 aliphatic rings. The lowest BCUT2D eigenvalue weighted by molar-refractivity contribution is 1.59. The summed E-state index contributed by atoms with van der Waals surface area (Å²) in [5.41, 5.74) is 4.66. The Morgan fingerprint density at radius 1 is 0.435 bits per heavy atom. The Balaban J connectivity index is 1.73. The van der Waals surface area contributed by atoms with Gasteiger partial charge in [0, 0.05) is 22.3 Å². The van der Waals surface area contributed by atoms with E-state index in [1.165, 1.54) is 0 Å². The second kappa shape index (κ2) is 7.21. The van der Waals surface area contributed by atoms with Crippen molar-refractivity contribution in [2.75, 3.05) is 0 Å². The van der Waals surface area contributed by atoms with E-state index < -0.39 is 0 Å². The monoisotopic (exact) mass is 288 g/mol. The molecule has 0 unspecified atom stereocenters. The zero-order valence-corrected chi connectivity index (χ0v) is 12.6. The summed E-state index contributed by atoms with van der Waals surface area (Å²) in [6.07, 6.45) is 0. The van der Waals surface area contributed by atoms with Crippen LogP contribution in [-0.2, 0) is 0 Å². The van der Waals surface area contributed by atoms with Crippen molar-refractivity contribution in [3.63, 3.8) is 0 Å². The van der Waals surface area contributed by atoms with Crippen LogP contribution in [0.2, 0.25) is 0 Å². The van der Waals surface area contributed by atoms with Gasteiger partial charge in [0.05, 0.1) is 0 Å². The van der Waals surface area contributed by atoms with E-state index in [1.54, 1.807) is 0 Å². The Bertz CT molecular complexity index is 897. The van der Waals surface area contributed by atoms with Crippen molar-refractivity contribution >= 4 is 13.3 Å². The van der Waals surface area contributed by atoms with Crippen LogP contribution in [0.25, 0.3) is 0 Å². The first kappa shape index (κ1) is 14.8. The van der Waals surface area contributed by atoms with E-state index in [2.05, 4.69) is 23.7 Å². The lowest BCUT2D eigenvalue weighted by atomic mass is 9.95. The molecule has 0 saturated carbocycles. The maximum absolute atomic E-state index is 5.66. The minimum atomic E-state index is 0.747. The molecule has 2 radical (unpaired) electrons. The van der Waals surface area contributed by atoms with Crippen LogP contribution >= 0.6 is 0 Å². The van der Waals surface area contributed by atoms with Crippen LogP contribution in [0.3, 0.4) is 0 Å². The molecule has 104 valence electrons.